The first-order valence-electron chi connectivity index (χ1n) is 7.61. The Morgan fingerprint density at radius 1 is 1.04 bits per heavy atom. The summed E-state index contributed by atoms with van der Waals surface area (Å²) in [6, 6.07) is 21.0. The lowest BCUT2D eigenvalue weighted by Gasteiger charge is -2.28. The molecule has 0 saturated carbocycles. The molecule has 0 aliphatic heterocycles. The van der Waals surface area contributed by atoms with Crippen molar-refractivity contribution in [2.24, 2.45) is 0 Å². The lowest BCUT2D eigenvalue weighted by molar-refractivity contribution is 0.111. The summed E-state index contributed by atoms with van der Waals surface area (Å²) in [5, 5.41) is 24.2. The van der Waals surface area contributed by atoms with E-state index in [-0.39, 0.29) is 6.04 Å². The van der Waals surface area contributed by atoms with Crippen LogP contribution >= 0.6 is 0 Å². The third kappa shape index (κ3) is 2.85. The van der Waals surface area contributed by atoms with Gasteiger partial charge in [0, 0.05) is 11.7 Å². The SMILES string of the molecule is CNC(C#N)C(O)C(c1ccccc1)n1ccc2ccccc21. The van der Waals surface area contributed by atoms with Crippen molar-refractivity contribution in [3.63, 3.8) is 0 Å². The highest BCUT2D eigenvalue weighted by atomic mass is 16.3. The van der Waals surface area contributed by atoms with Crippen molar-refractivity contribution in [3.05, 3.63) is 72.4 Å². The maximum atomic E-state index is 10.8. The lowest BCUT2D eigenvalue weighted by Crippen LogP contribution is -2.42. The summed E-state index contributed by atoms with van der Waals surface area (Å²) < 4.78 is 2.04. The van der Waals surface area contributed by atoms with E-state index in [0.29, 0.717) is 0 Å². The van der Waals surface area contributed by atoms with Gasteiger partial charge in [0.25, 0.3) is 0 Å². The molecule has 1 heterocycles. The number of rotatable bonds is 5. The van der Waals surface area contributed by atoms with E-state index >= 15 is 0 Å². The Morgan fingerprint density at radius 2 is 1.74 bits per heavy atom. The maximum absolute atomic E-state index is 10.8. The number of hydrogen-bond donors (Lipinski definition) is 2. The Bertz CT molecular complexity index is 819. The van der Waals surface area contributed by atoms with Crippen LogP contribution in [0.1, 0.15) is 11.6 Å². The number of benzene rings is 2. The number of nitrogens with one attached hydrogen (secondary N) is 1. The molecule has 0 saturated heterocycles. The van der Waals surface area contributed by atoms with Gasteiger partial charge in [0.05, 0.1) is 12.1 Å². The fourth-order valence-electron chi connectivity index (χ4n) is 3.01. The van der Waals surface area contributed by atoms with Crippen LogP contribution in [0.3, 0.4) is 0 Å². The van der Waals surface area contributed by atoms with E-state index in [9.17, 15) is 10.4 Å². The molecule has 0 aliphatic carbocycles. The number of aromatic nitrogens is 1. The number of para-hydroxylation sites is 1. The zero-order valence-corrected chi connectivity index (χ0v) is 12.9. The molecule has 1 aromatic heterocycles. The molecule has 2 aromatic carbocycles. The number of hydrogen-bond acceptors (Lipinski definition) is 3. The van der Waals surface area contributed by atoms with Gasteiger partial charge in [-0.3, -0.25) is 0 Å². The van der Waals surface area contributed by atoms with Crippen LogP contribution in [-0.2, 0) is 0 Å². The molecular formula is C19H19N3O. The van der Waals surface area contributed by atoms with Gasteiger partial charge in [-0.25, -0.2) is 0 Å². The molecule has 116 valence electrons. The van der Waals surface area contributed by atoms with Crippen molar-refractivity contribution >= 4 is 10.9 Å². The summed E-state index contributed by atoms with van der Waals surface area (Å²) in [5.74, 6) is 0. The minimum Gasteiger partial charge on any atom is -0.388 e. The fraction of sp³-hybridized carbons (Fsp3) is 0.211. The van der Waals surface area contributed by atoms with Gasteiger partial charge in [0.15, 0.2) is 0 Å². The summed E-state index contributed by atoms with van der Waals surface area (Å²) >= 11 is 0. The Morgan fingerprint density at radius 3 is 2.43 bits per heavy atom. The van der Waals surface area contributed by atoms with Crippen LogP contribution in [0.5, 0.6) is 0 Å². The molecule has 0 bridgehead atoms. The first-order chi connectivity index (χ1) is 11.3. The summed E-state index contributed by atoms with van der Waals surface area (Å²) in [6.07, 6.45) is 1.10. The monoisotopic (exact) mass is 305 g/mol. The van der Waals surface area contributed by atoms with E-state index < -0.39 is 12.1 Å². The van der Waals surface area contributed by atoms with Gasteiger partial charge in [0.1, 0.15) is 12.1 Å². The van der Waals surface area contributed by atoms with E-state index in [4.69, 9.17) is 0 Å². The summed E-state index contributed by atoms with van der Waals surface area (Å²) in [7, 11) is 1.69. The predicted molar refractivity (Wildman–Crippen MR) is 91.0 cm³/mol. The molecular weight excluding hydrogens is 286 g/mol. The third-order valence-electron chi connectivity index (χ3n) is 4.19. The van der Waals surface area contributed by atoms with Gasteiger partial charge in [-0.05, 0) is 30.1 Å². The number of fused-ring (bicyclic) bond motifs is 1. The zero-order valence-electron chi connectivity index (χ0n) is 12.9. The molecule has 2 N–H and O–H groups in total. The third-order valence-corrected chi connectivity index (χ3v) is 4.19. The van der Waals surface area contributed by atoms with Crippen LogP contribution < -0.4 is 5.32 Å². The summed E-state index contributed by atoms with van der Waals surface area (Å²) in [6.45, 7) is 0. The summed E-state index contributed by atoms with van der Waals surface area (Å²) in [4.78, 5) is 0. The topological polar surface area (TPSA) is 61.0 Å². The molecule has 4 heteroatoms. The molecule has 3 aromatic rings. The first kappa shape index (κ1) is 15.3. The maximum Gasteiger partial charge on any atom is 0.124 e. The standard InChI is InChI=1S/C19H19N3O/c1-21-16(13-20)19(23)18(15-8-3-2-4-9-15)22-12-11-14-7-5-6-10-17(14)22/h2-12,16,18-19,21,23H,1H3. The van der Waals surface area contributed by atoms with Gasteiger partial charge in [-0.15, -0.1) is 0 Å². The molecule has 3 rings (SSSR count). The second-order valence-corrected chi connectivity index (χ2v) is 5.52. The molecule has 3 unspecified atom stereocenters. The van der Waals surface area contributed by atoms with Crippen molar-refractivity contribution < 1.29 is 5.11 Å². The van der Waals surface area contributed by atoms with Crippen LogP contribution in [-0.4, -0.2) is 28.9 Å². The van der Waals surface area contributed by atoms with E-state index in [1.54, 1.807) is 7.05 Å². The molecule has 0 aliphatic rings. The van der Waals surface area contributed by atoms with Gasteiger partial charge in [-0.1, -0.05) is 48.5 Å². The van der Waals surface area contributed by atoms with Crippen LogP contribution in [0.2, 0.25) is 0 Å². The number of nitrogens with zero attached hydrogens (tertiary/aromatic N) is 2. The zero-order chi connectivity index (χ0) is 16.2. The van der Waals surface area contributed by atoms with E-state index in [0.717, 1.165) is 16.5 Å². The molecule has 0 radical (unpaired) electrons. The van der Waals surface area contributed by atoms with Crippen LogP contribution in [0.15, 0.2) is 66.9 Å². The van der Waals surface area contributed by atoms with Crippen LogP contribution in [0.25, 0.3) is 10.9 Å². The Balaban J connectivity index is 2.14. The number of aliphatic hydroxyl groups is 1. The highest BCUT2D eigenvalue weighted by molar-refractivity contribution is 5.80. The van der Waals surface area contributed by atoms with E-state index in [1.807, 2.05) is 71.4 Å². The molecule has 0 fully saturated rings. The van der Waals surface area contributed by atoms with E-state index in [1.165, 1.54) is 0 Å². The number of nitriles is 1. The quantitative estimate of drug-likeness (QED) is 0.762. The Hall–Kier alpha value is -2.61. The van der Waals surface area contributed by atoms with Gasteiger partial charge >= 0.3 is 0 Å². The number of aliphatic hydroxyl groups excluding tert-OH is 1. The molecule has 3 atom stereocenters. The van der Waals surface area contributed by atoms with Crippen LogP contribution in [0, 0.1) is 11.3 Å². The van der Waals surface area contributed by atoms with Crippen molar-refractivity contribution in [3.8, 4) is 6.07 Å². The smallest absolute Gasteiger partial charge is 0.124 e. The van der Waals surface area contributed by atoms with Crippen molar-refractivity contribution in [2.45, 2.75) is 18.2 Å². The lowest BCUT2D eigenvalue weighted by atomic mass is 9.96. The first-order valence-corrected chi connectivity index (χ1v) is 7.61. The van der Waals surface area contributed by atoms with Crippen LogP contribution in [0.4, 0.5) is 0 Å². The molecule has 23 heavy (non-hydrogen) atoms. The highest BCUT2D eigenvalue weighted by Crippen LogP contribution is 2.29. The predicted octanol–water partition coefficient (Wildman–Crippen LogP) is 2.70. The molecule has 0 amide bonds. The van der Waals surface area contributed by atoms with E-state index in [2.05, 4.69) is 11.4 Å². The minimum absolute atomic E-state index is 0.340. The second kappa shape index (κ2) is 6.66. The van der Waals surface area contributed by atoms with Gasteiger partial charge in [0.2, 0.25) is 0 Å². The average Bonchev–Trinajstić information content (AvgIpc) is 3.01. The van der Waals surface area contributed by atoms with Gasteiger partial charge < -0.3 is 15.0 Å². The molecule has 4 nitrogen and oxygen atoms in total. The average molecular weight is 305 g/mol. The van der Waals surface area contributed by atoms with Crippen molar-refractivity contribution in [1.29, 1.82) is 5.26 Å². The second-order valence-electron chi connectivity index (χ2n) is 5.52. The summed E-state index contributed by atoms with van der Waals surface area (Å²) in [5.41, 5.74) is 2.00. The normalized spacial score (nSPS) is 15.0. The van der Waals surface area contributed by atoms with Crippen molar-refractivity contribution in [2.75, 3.05) is 7.05 Å². The highest BCUT2D eigenvalue weighted by Gasteiger charge is 2.30. The Kier molecular flexibility index (Phi) is 4.42. The van der Waals surface area contributed by atoms with Crippen molar-refractivity contribution in [1.82, 2.24) is 9.88 Å². The largest absolute Gasteiger partial charge is 0.388 e. The minimum atomic E-state index is -0.872. The fourth-order valence-corrected chi connectivity index (χ4v) is 3.01. The molecule has 0 spiro atoms. The number of likely N-dealkylation sites (N-methyl/N-ethyl adjacent to an activating group) is 1. The van der Waals surface area contributed by atoms with Gasteiger partial charge in [-0.2, -0.15) is 5.26 Å². The Labute approximate surface area is 135 Å².